The molecule has 2 heterocycles. The average Bonchev–Trinajstić information content (AvgIpc) is 3.59. The van der Waals surface area contributed by atoms with Gasteiger partial charge in [-0.3, -0.25) is 9.59 Å². The number of amides is 2. The van der Waals surface area contributed by atoms with Gasteiger partial charge in [-0.05, 0) is 66.0 Å². The summed E-state index contributed by atoms with van der Waals surface area (Å²) in [6.07, 6.45) is 3.51. The molecular weight excluding hydrogens is 464 g/mol. The van der Waals surface area contributed by atoms with Crippen LogP contribution in [0.5, 0.6) is 0 Å². The standard InChI is InChI=1S/C28H29ClN2O2S/c1-2-23(19-6-4-3-5-7-19)28(33)31(22-12-13-22)18-26(32)30-16-14-25-24(15-17-34-25)27(30)20-8-10-21(29)11-9-20/h3-11,15,17,22-23,27H,2,12-14,16,18H2,1H3. The summed E-state index contributed by atoms with van der Waals surface area (Å²) in [5.74, 6) is -0.132. The third-order valence-corrected chi connectivity index (χ3v) is 8.21. The Bertz CT molecular complexity index is 1160. The third-order valence-electron chi connectivity index (χ3n) is 6.96. The Morgan fingerprint density at radius 1 is 1.09 bits per heavy atom. The Balaban J connectivity index is 1.41. The molecule has 0 saturated heterocycles. The molecule has 0 bridgehead atoms. The molecule has 34 heavy (non-hydrogen) atoms. The molecule has 1 aliphatic carbocycles. The van der Waals surface area contributed by atoms with Crippen LogP contribution in [0.1, 0.15) is 59.7 Å². The number of halogens is 1. The highest BCUT2D eigenvalue weighted by atomic mass is 35.5. The summed E-state index contributed by atoms with van der Waals surface area (Å²) in [4.78, 5) is 32.6. The maximum atomic E-state index is 13.8. The third kappa shape index (κ3) is 4.64. The zero-order valence-corrected chi connectivity index (χ0v) is 20.9. The van der Waals surface area contributed by atoms with E-state index in [1.54, 1.807) is 11.3 Å². The Hall–Kier alpha value is -2.63. The number of hydrogen-bond donors (Lipinski definition) is 0. The zero-order chi connectivity index (χ0) is 23.7. The van der Waals surface area contributed by atoms with Crippen molar-refractivity contribution in [2.24, 2.45) is 0 Å². The summed E-state index contributed by atoms with van der Waals surface area (Å²) >= 11 is 7.90. The van der Waals surface area contributed by atoms with Crippen LogP contribution in [-0.4, -0.2) is 40.7 Å². The SMILES string of the molecule is CCC(C(=O)N(CC(=O)N1CCc2sccc2C1c1ccc(Cl)cc1)C1CC1)c1ccccc1. The van der Waals surface area contributed by atoms with E-state index in [0.717, 1.165) is 36.8 Å². The van der Waals surface area contributed by atoms with Gasteiger partial charge in [0.05, 0.1) is 12.0 Å². The van der Waals surface area contributed by atoms with Crippen molar-refractivity contribution >= 4 is 34.8 Å². The first-order valence-corrected chi connectivity index (χ1v) is 13.3. The molecule has 2 unspecified atom stereocenters. The maximum absolute atomic E-state index is 13.8. The minimum absolute atomic E-state index is 0.0139. The van der Waals surface area contributed by atoms with Crippen LogP contribution in [0.25, 0.3) is 0 Å². The highest BCUT2D eigenvalue weighted by Gasteiger charge is 2.40. The van der Waals surface area contributed by atoms with Crippen LogP contribution in [0.15, 0.2) is 66.0 Å². The maximum Gasteiger partial charge on any atom is 0.243 e. The van der Waals surface area contributed by atoms with Crippen molar-refractivity contribution in [2.75, 3.05) is 13.1 Å². The van der Waals surface area contributed by atoms with Crippen LogP contribution in [-0.2, 0) is 16.0 Å². The van der Waals surface area contributed by atoms with Gasteiger partial charge in [-0.2, -0.15) is 0 Å². The van der Waals surface area contributed by atoms with E-state index < -0.39 is 0 Å². The van der Waals surface area contributed by atoms with Crippen LogP contribution in [0.4, 0.5) is 0 Å². The number of benzene rings is 2. The van der Waals surface area contributed by atoms with Crippen molar-refractivity contribution in [3.63, 3.8) is 0 Å². The summed E-state index contributed by atoms with van der Waals surface area (Å²) in [5.41, 5.74) is 3.26. The van der Waals surface area contributed by atoms with E-state index in [4.69, 9.17) is 11.6 Å². The van der Waals surface area contributed by atoms with Crippen molar-refractivity contribution in [1.82, 2.24) is 9.80 Å². The van der Waals surface area contributed by atoms with Gasteiger partial charge in [0.15, 0.2) is 0 Å². The lowest BCUT2D eigenvalue weighted by atomic mass is 9.93. The molecule has 2 atom stereocenters. The Kier molecular flexibility index (Phi) is 6.75. The van der Waals surface area contributed by atoms with Gasteiger partial charge < -0.3 is 9.80 Å². The number of nitrogens with zero attached hydrogens (tertiary/aromatic N) is 2. The molecule has 1 saturated carbocycles. The van der Waals surface area contributed by atoms with Gasteiger partial charge in [-0.25, -0.2) is 0 Å². The lowest BCUT2D eigenvalue weighted by Crippen LogP contribution is -2.48. The fourth-order valence-electron chi connectivity index (χ4n) is 5.04. The largest absolute Gasteiger partial charge is 0.330 e. The molecule has 5 rings (SSSR count). The van der Waals surface area contributed by atoms with Crippen molar-refractivity contribution in [3.05, 3.63) is 92.6 Å². The summed E-state index contributed by atoms with van der Waals surface area (Å²) in [5, 5.41) is 2.79. The van der Waals surface area contributed by atoms with Crippen molar-refractivity contribution < 1.29 is 9.59 Å². The lowest BCUT2D eigenvalue weighted by molar-refractivity contribution is -0.143. The van der Waals surface area contributed by atoms with Crippen molar-refractivity contribution in [1.29, 1.82) is 0 Å². The Morgan fingerprint density at radius 2 is 1.82 bits per heavy atom. The van der Waals surface area contributed by atoms with E-state index in [2.05, 4.69) is 11.4 Å². The zero-order valence-electron chi connectivity index (χ0n) is 19.3. The van der Waals surface area contributed by atoms with E-state index in [9.17, 15) is 9.59 Å². The first-order valence-electron chi connectivity index (χ1n) is 12.0. The van der Waals surface area contributed by atoms with E-state index in [1.165, 1.54) is 10.4 Å². The van der Waals surface area contributed by atoms with Gasteiger partial charge in [-0.1, -0.05) is 61.0 Å². The van der Waals surface area contributed by atoms with Crippen LogP contribution >= 0.6 is 22.9 Å². The van der Waals surface area contributed by atoms with Gasteiger partial charge in [0.2, 0.25) is 11.8 Å². The second kappa shape index (κ2) is 9.93. The van der Waals surface area contributed by atoms with E-state index in [0.29, 0.717) is 11.6 Å². The molecule has 0 radical (unpaired) electrons. The molecule has 6 heteroatoms. The number of rotatable bonds is 7. The second-order valence-corrected chi connectivity index (χ2v) is 10.6. The lowest BCUT2D eigenvalue weighted by Gasteiger charge is -2.38. The van der Waals surface area contributed by atoms with Gasteiger partial charge in [0.25, 0.3) is 0 Å². The minimum Gasteiger partial charge on any atom is -0.330 e. The Morgan fingerprint density at radius 3 is 2.50 bits per heavy atom. The quantitative estimate of drug-likeness (QED) is 0.402. The number of carbonyl (C=O) groups is 2. The first kappa shape index (κ1) is 23.1. The van der Waals surface area contributed by atoms with Gasteiger partial charge in [0, 0.05) is 22.5 Å². The normalized spacial score (nSPS) is 18.3. The molecule has 4 nitrogen and oxygen atoms in total. The van der Waals surface area contributed by atoms with Crippen LogP contribution < -0.4 is 0 Å². The van der Waals surface area contributed by atoms with E-state index in [-0.39, 0.29) is 36.4 Å². The van der Waals surface area contributed by atoms with Crippen molar-refractivity contribution in [2.45, 2.75) is 50.6 Å². The molecule has 0 N–H and O–H groups in total. The van der Waals surface area contributed by atoms with Crippen molar-refractivity contribution in [3.8, 4) is 0 Å². The minimum atomic E-state index is -0.216. The first-order chi connectivity index (χ1) is 16.6. The number of carbonyl (C=O) groups excluding carboxylic acids is 2. The topological polar surface area (TPSA) is 40.6 Å². The molecular formula is C28H29ClN2O2S. The molecule has 3 aromatic rings. The monoisotopic (exact) mass is 492 g/mol. The molecule has 176 valence electrons. The molecule has 1 aromatic heterocycles. The van der Waals surface area contributed by atoms with Crippen LogP contribution in [0, 0.1) is 0 Å². The van der Waals surface area contributed by atoms with E-state index >= 15 is 0 Å². The smallest absolute Gasteiger partial charge is 0.243 e. The highest BCUT2D eigenvalue weighted by Crippen LogP contribution is 2.39. The average molecular weight is 493 g/mol. The number of fused-ring (bicyclic) bond motifs is 1. The molecule has 2 aromatic carbocycles. The highest BCUT2D eigenvalue weighted by molar-refractivity contribution is 7.10. The summed E-state index contributed by atoms with van der Waals surface area (Å²) in [7, 11) is 0. The van der Waals surface area contributed by atoms with Gasteiger partial charge in [0.1, 0.15) is 6.54 Å². The van der Waals surface area contributed by atoms with Crippen LogP contribution in [0.3, 0.4) is 0 Å². The predicted molar refractivity (Wildman–Crippen MR) is 137 cm³/mol. The number of hydrogen-bond acceptors (Lipinski definition) is 3. The summed E-state index contributed by atoms with van der Waals surface area (Å²) in [6.45, 7) is 2.83. The fourth-order valence-corrected chi connectivity index (χ4v) is 6.07. The summed E-state index contributed by atoms with van der Waals surface area (Å²) in [6, 6.07) is 19.9. The molecule has 2 aliphatic rings. The Labute approximate surface area is 210 Å². The van der Waals surface area contributed by atoms with Gasteiger partial charge >= 0.3 is 0 Å². The summed E-state index contributed by atoms with van der Waals surface area (Å²) < 4.78 is 0. The molecule has 1 aliphatic heterocycles. The molecule has 1 fully saturated rings. The second-order valence-electron chi connectivity index (χ2n) is 9.16. The van der Waals surface area contributed by atoms with Gasteiger partial charge in [-0.15, -0.1) is 11.3 Å². The molecule has 2 amide bonds. The predicted octanol–water partition coefficient (Wildman–Crippen LogP) is 6.06. The number of thiophene rings is 1. The van der Waals surface area contributed by atoms with E-state index in [1.807, 2.05) is 71.3 Å². The van der Waals surface area contributed by atoms with Crippen LogP contribution in [0.2, 0.25) is 5.02 Å². The fraction of sp³-hybridized carbons (Fsp3) is 0.357. The molecule has 0 spiro atoms.